The van der Waals surface area contributed by atoms with Gasteiger partial charge >= 0.3 is 0 Å². The molecule has 122 valence electrons. The van der Waals surface area contributed by atoms with E-state index in [1.54, 1.807) is 11.8 Å². The van der Waals surface area contributed by atoms with Crippen LogP contribution in [0.5, 0.6) is 0 Å². The molecular formula is C14H21N3O3S2. The van der Waals surface area contributed by atoms with Gasteiger partial charge in [-0.05, 0) is 0 Å². The van der Waals surface area contributed by atoms with E-state index in [1.165, 1.54) is 0 Å². The Labute approximate surface area is 138 Å². The van der Waals surface area contributed by atoms with Crippen LogP contribution in [0.15, 0.2) is 4.42 Å². The van der Waals surface area contributed by atoms with Crippen LogP contribution in [-0.2, 0) is 9.53 Å². The molecule has 0 saturated carbocycles. The van der Waals surface area contributed by atoms with Gasteiger partial charge < -0.3 is 14.1 Å². The van der Waals surface area contributed by atoms with Gasteiger partial charge in [0.2, 0.25) is 17.7 Å². The topological polar surface area (TPSA) is 68.5 Å². The SMILES string of the molecule is CC(C)c1nnc([C@H]2CN(C(=O)[C@H]3CSCCS3)CCO2)o1. The Kier molecular flexibility index (Phi) is 5.30. The molecule has 0 aliphatic carbocycles. The molecule has 0 spiro atoms. The molecule has 22 heavy (non-hydrogen) atoms. The van der Waals surface area contributed by atoms with Crippen molar-refractivity contribution in [1.82, 2.24) is 15.1 Å². The molecule has 6 nitrogen and oxygen atoms in total. The highest BCUT2D eigenvalue weighted by atomic mass is 32.2. The summed E-state index contributed by atoms with van der Waals surface area (Å²) >= 11 is 3.62. The zero-order valence-corrected chi connectivity index (χ0v) is 14.5. The zero-order chi connectivity index (χ0) is 15.5. The molecule has 2 saturated heterocycles. The van der Waals surface area contributed by atoms with Gasteiger partial charge in [-0.25, -0.2) is 0 Å². The summed E-state index contributed by atoms with van der Waals surface area (Å²) in [4.78, 5) is 14.5. The maximum absolute atomic E-state index is 12.6. The van der Waals surface area contributed by atoms with Gasteiger partial charge in [-0.15, -0.1) is 22.0 Å². The lowest BCUT2D eigenvalue weighted by molar-refractivity contribution is -0.138. The van der Waals surface area contributed by atoms with Gasteiger partial charge in [-0.3, -0.25) is 4.79 Å². The molecule has 8 heteroatoms. The Balaban J connectivity index is 1.64. The van der Waals surface area contributed by atoms with Crippen LogP contribution < -0.4 is 0 Å². The fourth-order valence-electron chi connectivity index (χ4n) is 2.44. The fraction of sp³-hybridized carbons (Fsp3) is 0.786. The highest BCUT2D eigenvalue weighted by Crippen LogP contribution is 2.28. The number of carbonyl (C=O) groups excluding carboxylic acids is 1. The number of hydrogen-bond donors (Lipinski definition) is 0. The first-order valence-corrected chi connectivity index (χ1v) is 9.78. The second-order valence-electron chi connectivity index (χ2n) is 5.71. The molecule has 1 amide bonds. The predicted molar refractivity (Wildman–Crippen MR) is 87.2 cm³/mol. The van der Waals surface area contributed by atoms with E-state index in [0.717, 1.165) is 17.3 Å². The molecule has 2 aliphatic rings. The lowest BCUT2D eigenvalue weighted by Crippen LogP contribution is -2.47. The number of nitrogens with zero attached hydrogens (tertiary/aromatic N) is 3. The minimum absolute atomic E-state index is 0.0754. The Bertz CT molecular complexity index is 517. The summed E-state index contributed by atoms with van der Waals surface area (Å²) in [6, 6.07) is 0. The Morgan fingerprint density at radius 3 is 2.91 bits per heavy atom. The second-order valence-corrected chi connectivity index (χ2v) is 8.17. The molecule has 3 rings (SSSR count). The second kappa shape index (κ2) is 7.23. The van der Waals surface area contributed by atoms with Gasteiger partial charge in [-0.2, -0.15) is 11.8 Å². The zero-order valence-electron chi connectivity index (χ0n) is 12.9. The van der Waals surface area contributed by atoms with Crippen LogP contribution in [0.3, 0.4) is 0 Å². The summed E-state index contributed by atoms with van der Waals surface area (Å²) < 4.78 is 11.4. The lowest BCUT2D eigenvalue weighted by Gasteiger charge is -2.34. The molecule has 2 aliphatic heterocycles. The van der Waals surface area contributed by atoms with Gasteiger partial charge in [0.25, 0.3) is 0 Å². The van der Waals surface area contributed by atoms with Gasteiger partial charge in [0.15, 0.2) is 6.10 Å². The molecule has 0 radical (unpaired) electrons. The van der Waals surface area contributed by atoms with Crippen LogP contribution >= 0.6 is 23.5 Å². The number of morpholine rings is 1. The first-order chi connectivity index (χ1) is 10.6. The molecule has 2 atom stereocenters. The van der Waals surface area contributed by atoms with Crippen LogP contribution in [-0.4, -0.2) is 63.2 Å². The average Bonchev–Trinajstić information content (AvgIpc) is 3.05. The minimum Gasteiger partial charge on any atom is -0.422 e. The van der Waals surface area contributed by atoms with E-state index >= 15 is 0 Å². The Morgan fingerprint density at radius 1 is 1.36 bits per heavy atom. The summed E-state index contributed by atoms with van der Waals surface area (Å²) in [6.07, 6.45) is -0.307. The van der Waals surface area contributed by atoms with Gasteiger partial charge in [0.05, 0.1) is 18.4 Å². The molecule has 1 aromatic heterocycles. The van der Waals surface area contributed by atoms with E-state index in [0.29, 0.717) is 31.5 Å². The molecule has 1 aromatic rings. The van der Waals surface area contributed by atoms with Crippen molar-refractivity contribution >= 4 is 29.4 Å². The van der Waals surface area contributed by atoms with Crippen molar-refractivity contribution in [3.63, 3.8) is 0 Å². The summed E-state index contributed by atoms with van der Waals surface area (Å²) in [5.41, 5.74) is 0. The van der Waals surface area contributed by atoms with Crippen molar-refractivity contribution in [2.45, 2.75) is 31.1 Å². The number of ether oxygens (including phenoxy) is 1. The highest BCUT2D eigenvalue weighted by Gasteiger charge is 2.33. The monoisotopic (exact) mass is 343 g/mol. The van der Waals surface area contributed by atoms with Crippen LogP contribution in [0.25, 0.3) is 0 Å². The molecule has 0 bridgehead atoms. The normalized spacial score (nSPS) is 26.4. The molecule has 0 N–H and O–H groups in total. The maximum Gasteiger partial charge on any atom is 0.247 e. The molecule has 0 aromatic carbocycles. The first kappa shape index (κ1) is 16.1. The minimum atomic E-state index is -0.307. The molecule has 3 heterocycles. The highest BCUT2D eigenvalue weighted by molar-refractivity contribution is 8.07. The van der Waals surface area contributed by atoms with E-state index < -0.39 is 0 Å². The van der Waals surface area contributed by atoms with Crippen LogP contribution in [0, 0.1) is 0 Å². The van der Waals surface area contributed by atoms with E-state index in [1.807, 2.05) is 30.5 Å². The fourth-order valence-corrected chi connectivity index (χ4v) is 5.07. The van der Waals surface area contributed by atoms with Gasteiger partial charge in [0.1, 0.15) is 0 Å². The number of amides is 1. The van der Waals surface area contributed by atoms with Crippen molar-refractivity contribution in [3.8, 4) is 0 Å². The third-order valence-electron chi connectivity index (χ3n) is 3.70. The Morgan fingerprint density at radius 2 is 2.23 bits per heavy atom. The van der Waals surface area contributed by atoms with Crippen LogP contribution in [0.1, 0.15) is 37.7 Å². The summed E-state index contributed by atoms with van der Waals surface area (Å²) in [7, 11) is 0. The average molecular weight is 343 g/mol. The summed E-state index contributed by atoms with van der Waals surface area (Å²) in [6.45, 7) is 5.67. The molecule has 2 fully saturated rings. The number of carbonyl (C=O) groups is 1. The van der Waals surface area contributed by atoms with Crippen molar-refractivity contribution in [2.24, 2.45) is 0 Å². The smallest absolute Gasteiger partial charge is 0.247 e. The number of aromatic nitrogens is 2. The largest absolute Gasteiger partial charge is 0.422 e. The molecular weight excluding hydrogens is 322 g/mol. The predicted octanol–water partition coefficient (Wildman–Crippen LogP) is 1.94. The van der Waals surface area contributed by atoms with E-state index in [4.69, 9.17) is 9.15 Å². The summed E-state index contributed by atoms with van der Waals surface area (Å²) in [5, 5.41) is 8.20. The van der Waals surface area contributed by atoms with Crippen LogP contribution in [0.2, 0.25) is 0 Å². The Hall–Kier alpha value is -0.730. The quantitative estimate of drug-likeness (QED) is 0.831. The number of hydrogen-bond acceptors (Lipinski definition) is 7. The first-order valence-electron chi connectivity index (χ1n) is 7.58. The van der Waals surface area contributed by atoms with Gasteiger partial charge in [0, 0.05) is 29.7 Å². The van der Waals surface area contributed by atoms with E-state index in [-0.39, 0.29) is 23.2 Å². The van der Waals surface area contributed by atoms with Crippen molar-refractivity contribution in [3.05, 3.63) is 11.8 Å². The van der Waals surface area contributed by atoms with Crippen molar-refractivity contribution < 1.29 is 13.9 Å². The molecule has 0 unspecified atom stereocenters. The lowest BCUT2D eigenvalue weighted by atomic mass is 10.2. The van der Waals surface area contributed by atoms with E-state index in [9.17, 15) is 4.79 Å². The number of thioether (sulfide) groups is 2. The third kappa shape index (κ3) is 3.60. The number of rotatable bonds is 3. The van der Waals surface area contributed by atoms with Gasteiger partial charge in [-0.1, -0.05) is 13.8 Å². The third-order valence-corrected chi connectivity index (χ3v) is 6.44. The van der Waals surface area contributed by atoms with E-state index in [2.05, 4.69) is 10.2 Å². The van der Waals surface area contributed by atoms with Crippen LogP contribution in [0.4, 0.5) is 0 Å². The summed E-state index contributed by atoms with van der Waals surface area (Å²) in [5.74, 6) is 4.60. The van der Waals surface area contributed by atoms with Crippen molar-refractivity contribution in [1.29, 1.82) is 0 Å². The van der Waals surface area contributed by atoms with Crippen molar-refractivity contribution in [2.75, 3.05) is 37.0 Å². The standard InChI is InChI=1S/C14H21N3O3S2/c1-9(2)12-15-16-13(20-12)10-7-17(3-4-19-10)14(18)11-8-21-5-6-22-11/h9-11H,3-8H2,1-2H3/t10-,11-/m1/s1. The maximum atomic E-state index is 12.6.